The molecule has 1 amide bonds. The van der Waals surface area contributed by atoms with Gasteiger partial charge in [0.15, 0.2) is 17.3 Å². The molecule has 9 heteroatoms. The highest BCUT2D eigenvalue weighted by molar-refractivity contribution is 8.03. The molecular formula is C30H33N3O5S. The highest BCUT2D eigenvalue weighted by atomic mass is 32.2. The molecule has 0 saturated carbocycles. The zero-order valence-corrected chi connectivity index (χ0v) is 23.7. The summed E-state index contributed by atoms with van der Waals surface area (Å²) in [4.78, 5) is 26.3. The van der Waals surface area contributed by atoms with Crippen LogP contribution in [0.5, 0.6) is 17.2 Å². The number of carbonyl (C=O) groups excluding carboxylic acids is 2. The van der Waals surface area contributed by atoms with Crippen molar-refractivity contribution in [1.29, 1.82) is 5.26 Å². The molecule has 0 aromatic heterocycles. The Balaban J connectivity index is 1.66. The number of nitriles is 1. The molecule has 0 radical (unpaired) electrons. The first-order chi connectivity index (χ1) is 18.7. The molecule has 0 spiro atoms. The SMILES string of the molecule is CCOc1cccc(NC(=O)CSC2=C(C#N)C(c3ccc(OC)c(OC)c3)C3=C(CC(C)(C)CC3=O)N2)c1. The van der Waals surface area contributed by atoms with Crippen LogP contribution in [0.4, 0.5) is 5.69 Å². The number of nitrogens with zero attached hydrogens (tertiary/aromatic N) is 1. The molecule has 1 atom stereocenters. The number of dihydropyridines is 1. The van der Waals surface area contributed by atoms with E-state index >= 15 is 0 Å². The quantitative estimate of drug-likeness (QED) is 0.421. The van der Waals surface area contributed by atoms with Crippen LogP contribution >= 0.6 is 11.8 Å². The third-order valence-corrected chi connectivity index (χ3v) is 7.66. The lowest BCUT2D eigenvalue weighted by atomic mass is 9.69. The minimum atomic E-state index is -0.580. The number of anilines is 1. The molecule has 2 aromatic carbocycles. The Morgan fingerprint density at radius 1 is 1.15 bits per heavy atom. The van der Waals surface area contributed by atoms with Gasteiger partial charge in [-0.25, -0.2) is 0 Å². The Morgan fingerprint density at radius 2 is 1.92 bits per heavy atom. The summed E-state index contributed by atoms with van der Waals surface area (Å²) >= 11 is 1.25. The molecule has 2 N–H and O–H groups in total. The molecular weight excluding hydrogens is 514 g/mol. The number of benzene rings is 2. The first-order valence-corrected chi connectivity index (χ1v) is 13.7. The smallest absolute Gasteiger partial charge is 0.234 e. The number of Topliss-reactive ketones (excluding diaryl/α,β-unsaturated/α-hetero) is 1. The molecule has 1 heterocycles. The van der Waals surface area contributed by atoms with Crippen molar-refractivity contribution in [3.8, 4) is 23.3 Å². The van der Waals surface area contributed by atoms with Gasteiger partial charge in [-0.05, 0) is 48.6 Å². The average molecular weight is 548 g/mol. The van der Waals surface area contributed by atoms with Crippen LogP contribution in [0.1, 0.15) is 45.1 Å². The van der Waals surface area contributed by atoms with Crippen LogP contribution in [0.25, 0.3) is 0 Å². The molecule has 0 saturated heterocycles. The fraction of sp³-hybridized carbons (Fsp3) is 0.367. The van der Waals surface area contributed by atoms with E-state index in [-0.39, 0.29) is 22.9 Å². The number of ether oxygens (including phenoxy) is 3. The van der Waals surface area contributed by atoms with Crippen LogP contribution in [-0.2, 0) is 9.59 Å². The van der Waals surface area contributed by atoms with Crippen LogP contribution in [0.15, 0.2) is 64.3 Å². The zero-order chi connectivity index (χ0) is 28.2. The Labute approximate surface area is 233 Å². The molecule has 0 bridgehead atoms. The van der Waals surface area contributed by atoms with E-state index in [0.717, 1.165) is 11.3 Å². The number of rotatable bonds is 9. The number of thioether (sulfide) groups is 1. The molecule has 204 valence electrons. The number of hydrogen-bond donors (Lipinski definition) is 2. The Morgan fingerprint density at radius 3 is 2.62 bits per heavy atom. The monoisotopic (exact) mass is 547 g/mol. The average Bonchev–Trinajstić information content (AvgIpc) is 2.90. The van der Waals surface area contributed by atoms with Crippen molar-refractivity contribution in [3.05, 3.63) is 69.9 Å². The van der Waals surface area contributed by atoms with Crippen LogP contribution in [0, 0.1) is 16.7 Å². The first-order valence-electron chi connectivity index (χ1n) is 12.7. The van der Waals surface area contributed by atoms with Crippen molar-refractivity contribution in [2.75, 3.05) is 31.9 Å². The van der Waals surface area contributed by atoms with Gasteiger partial charge in [-0.3, -0.25) is 9.59 Å². The van der Waals surface area contributed by atoms with E-state index in [9.17, 15) is 14.9 Å². The number of hydrogen-bond acceptors (Lipinski definition) is 8. The minimum absolute atomic E-state index is 0.0113. The molecule has 4 rings (SSSR count). The van der Waals surface area contributed by atoms with E-state index < -0.39 is 5.92 Å². The van der Waals surface area contributed by atoms with Crippen LogP contribution in [0.3, 0.4) is 0 Å². The van der Waals surface area contributed by atoms with Gasteiger partial charge in [-0.2, -0.15) is 5.26 Å². The summed E-state index contributed by atoms with van der Waals surface area (Å²) in [5.74, 6) is 1.03. The minimum Gasteiger partial charge on any atom is -0.494 e. The summed E-state index contributed by atoms with van der Waals surface area (Å²) in [6, 6.07) is 15.0. The number of carbonyl (C=O) groups is 2. The molecule has 1 unspecified atom stereocenters. The van der Waals surface area contributed by atoms with Gasteiger partial charge in [0.1, 0.15) is 5.75 Å². The van der Waals surface area contributed by atoms with Crippen molar-refractivity contribution in [1.82, 2.24) is 5.32 Å². The standard InChI is InChI=1S/C30H33N3O5S/c1-6-38-20-9-7-8-19(13-20)32-26(35)17-39-29-21(16-31)27(18-10-11-24(36-4)25(12-18)37-5)28-22(33-29)14-30(2,3)15-23(28)34/h7-13,27,33H,6,14-15,17H2,1-5H3,(H,32,35). The van der Waals surface area contributed by atoms with Gasteiger partial charge in [0.05, 0.1) is 49.2 Å². The van der Waals surface area contributed by atoms with Gasteiger partial charge < -0.3 is 24.8 Å². The summed E-state index contributed by atoms with van der Waals surface area (Å²) in [6.07, 6.45) is 1.04. The van der Waals surface area contributed by atoms with E-state index in [2.05, 4.69) is 30.6 Å². The Bertz CT molecular complexity index is 1390. The number of ketones is 1. The van der Waals surface area contributed by atoms with Gasteiger partial charge in [-0.1, -0.05) is 37.7 Å². The Kier molecular flexibility index (Phi) is 8.56. The fourth-order valence-electron chi connectivity index (χ4n) is 5.02. The highest BCUT2D eigenvalue weighted by Crippen LogP contribution is 2.48. The van der Waals surface area contributed by atoms with Gasteiger partial charge in [0.25, 0.3) is 0 Å². The summed E-state index contributed by atoms with van der Waals surface area (Å²) in [5.41, 5.74) is 2.94. The van der Waals surface area contributed by atoms with Crippen molar-refractivity contribution >= 4 is 29.1 Å². The second-order valence-corrected chi connectivity index (χ2v) is 11.1. The lowest BCUT2D eigenvalue weighted by Crippen LogP contribution is -2.37. The lowest BCUT2D eigenvalue weighted by molar-refractivity contribution is -0.118. The maximum absolute atomic E-state index is 13.4. The van der Waals surface area contributed by atoms with Crippen molar-refractivity contribution in [2.24, 2.45) is 5.41 Å². The largest absolute Gasteiger partial charge is 0.494 e. The van der Waals surface area contributed by atoms with Crippen LogP contribution in [0.2, 0.25) is 0 Å². The number of allylic oxidation sites excluding steroid dienone is 3. The summed E-state index contributed by atoms with van der Waals surface area (Å²) in [6.45, 7) is 6.54. The predicted octanol–water partition coefficient (Wildman–Crippen LogP) is 5.54. The number of amides is 1. The molecule has 2 aromatic rings. The molecule has 0 fully saturated rings. The summed E-state index contributed by atoms with van der Waals surface area (Å²) in [7, 11) is 3.11. The summed E-state index contributed by atoms with van der Waals surface area (Å²) in [5, 5.41) is 17.1. The van der Waals surface area contributed by atoms with E-state index in [1.165, 1.54) is 11.8 Å². The maximum atomic E-state index is 13.4. The van der Waals surface area contributed by atoms with Gasteiger partial charge in [0, 0.05) is 29.4 Å². The number of methoxy groups -OCH3 is 2. The van der Waals surface area contributed by atoms with Gasteiger partial charge in [0.2, 0.25) is 5.91 Å². The van der Waals surface area contributed by atoms with E-state index in [0.29, 0.717) is 58.6 Å². The maximum Gasteiger partial charge on any atom is 0.234 e. The molecule has 1 aliphatic carbocycles. The molecule has 1 aliphatic heterocycles. The second kappa shape index (κ2) is 11.9. The second-order valence-electron chi connectivity index (χ2n) is 10.2. The fourth-order valence-corrected chi connectivity index (χ4v) is 5.88. The van der Waals surface area contributed by atoms with E-state index in [1.54, 1.807) is 32.4 Å². The third kappa shape index (κ3) is 6.23. The summed E-state index contributed by atoms with van der Waals surface area (Å²) < 4.78 is 16.4. The first kappa shape index (κ1) is 28.1. The predicted molar refractivity (Wildman–Crippen MR) is 152 cm³/mol. The van der Waals surface area contributed by atoms with Crippen LogP contribution < -0.4 is 24.8 Å². The Hall–Kier alpha value is -3.90. The van der Waals surface area contributed by atoms with Crippen LogP contribution in [-0.4, -0.2) is 38.3 Å². The van der Waals surface area contributed by atoms with Crippen molar-refractivity contribution in [2.45, 2.75) is 39.5 Å². The number of nitrogens with one attached hydrogen (secondary N) is 2. The molecule has 2 aliphatic rings. The van der Waals surface area contributed by atoms with E-state index in [1.807, 2.05) is 31.2 Å². The zero-order valence-electron chi connectivity index (χ0n) is 22.8. The molecule has 8 nitrogen and oxygen atoms in total. The van der Waals surface area contributed by atoms with Gasteiger partial charge in [-0.15, -0.1) is 0 Å². The third-order valence-electron chi connectivity index (χ3n) is 6.64. The normalized spacial score (nSPS) is 18.1. The van der Waals surface area contributed by atoms with Gasteiger partial charge >= 0.3 is 0 Å². The van der Waals surface area contributed by atoms with Crippen molar-refractivity contribution < 1.29 is 23.8 Å². The van der Waals surface area contributed by atoms with Crippen molar-refractivity contribution in [3.63, 3.8) is 0 Å². The van der Waals surface area contributed by atoms with E-state index in [4.69, 9.17) is 14.2 Å². The highest BCUT2D eigenvalue weighted by Gasteiger charge is 2.42. The molecule has 39 heavy (non-hydrogen) atoms. The topological polar surface area (TPSA) is 110 Å². The lowest BCUT2D eigenvalue weighted by Gasteiger charge is -2.39.